The van der Waals surface area contributed by atoms with Crippen molar-refractivity contribution in [1.29, 1.82) is 0 Å². The molecule has 2 aromatic rings. The van der Waals surface area contributed by atoms with Gasteiger partial charge in [-0.25, -0.2) is 4.98 Å². The summed E-state index contributed by atoms with van der Waals surface area (Å²) < 4.78 is 1.93. The lowest BCUT2D eigenvalue weighted by Gasteiger charge is -2.18. The molecule has 0 fully saturated rings. The Morgan fingerprint density at radius 2 is 2.00 bits per heavy atom. The van der Waals surface area contributed by atoms with E-state index in [2.05, 4.69) is 41.3 Å². The van der Waals surface area contributed by atoms with E-state index in [4.69, 9.17) is 0 Å². The van der Waals surface area contributed by atoms with E-state index in [9.17, 15) is 0 Å². The minimum Gasteiger partial charge on any atom is -0.319 e. The highest BCUT2D eigenvalue weighted by molar-refractivity contribution is 7.11. The third-order valence-electron chi connectivity index (χ3n) is 2.98. The van der Waals surface area contributed by atoms with E-state index in [1.54, 1.807) is 17.7 Å². The van der Waals surface area contributed by atoms with Gasteiger partial charge in [-0.3, -0.25) is 5.32 Å². The summed E-state index contributed by atoms with van der Waals surface area (Å²) in [6.07, 6.45) is 1.72. The van der Waals surface area contributed by atoms with E-state index in [-0.39, 0.29) is 12.1 Å². The highest BCUT2D eigenvalue weighted by atomic mass is 32.1. The average Bonchev–Trinajstić information content (AvgIpc) is 2.84. The molecular formula is C12H19N5S. The molecule has 0 bridgehead atoms. The van der Waals surface area contributed by atoms with Gasteiger partial charge < -0.3 is 4.57 Å². The van der Waals surface area contributed by atoms with Crippen LogP contribution in [0.1, 0.15) is 47.3 Å². The molecule has 0 amide bonds. The summed E-state index contributed by atoms with van der Waals surface area (Å²) in [7, 11) is 1.95. The van der Waals surface area contributed by atoms with Gasteiger partial charge in [0.2, 0.25) is 0 Å². The molecule has 2 heterocycles. The van der Waals surface area contributed by atoms with Gasteiger partial charge in [0.25, 0.3) is 0 Å². The quantitative estimate of drug-likeness (QED) is 0.921. The SMILES string of the molecule is Cc1nc(C(C)NC(C)c2nncn2C)c(C)s1. The summed E-state index contributed by atoms with van der Waals surface area (Å²) in [5.41, 5.74) is 1.13. The monoisotopic (exact) mass is 265 g/mol. The molecule has 0 aliphatic carbocycles. The van der Waals surface area contributed by atoms with E-state index >= 15 is 0 Å². The smallest absolute Gasteiger partial charge is 0.149 e. The van der Waals surface area contributed by atoms with Crippen LogP contribution in [-0.4, -0.2) is 19.7 Å². The second-order valence-electron chi connectivity index (χ2n) is 4.58. The lowest BCUT2D eigenvalue weighted by Crippen LogP contribution is -2.25. The second-order valence-corrected chi connectivity index (χ2v) is 5.99. The van der Waals surface area contributed by atoms with E-state index in [0.29, 0.717) is 0 Å². The summed E-state index contributed by atoms with van der Waals surface area (Å²) in [6.45, 7) is 8.38. The standard InChI is InChI=1S/C12H19N5S/c1-7(11-9(3)18-10(4)15-11)14-8(2)12-16-13-6-17(12)5/h6-8,14H,1-5H3. The Balaban J connectivity index is 2.10. The van der Waals surface area contributed by atoms with E-state index in [1.165, 1.54) is 4.88 Å². The first-order valence-corrected chi connectivity index (χ1v) is 6.84. The van der Waals surface area contributed by atoms with Gasteiger partial charge in [0.05, 0.1) is 16.7 Å². The van der Waals surface area contributed by atoms with Crippen molar-refractivity contribution >= 4 is 11.3 Å². The van der Waals surface area contributed by atoms with E-state index in [0.717, 1.165) is 16.5 Å². The molecule has 0 spiro atoms. The van der Waals surface area contributed by atoms with Crippen LogP contribution in [0.25, 0.3) is 0 Å². The van der Waals surface area contributed by atoms with E-state index in [1.807, 2.05) is 18.5 Å². The Morgan fingerprint density at radius 1 is 1.28 bits per heavy atom. The van der Waals surface area contributed by atoms with Crippen LogP contribution in [0.5, 0.6) is 0 Å². The van der Waals surface area contributed by atoms with Crippen LogP contribution in [0.15, 0.2) is 6.33 Å². The Kier molecular flexibility index (Phi) is 3.77. The minimum absolute atomic E-state index is 0.147. The highest BCUT2D eigenvalue weighted by Crippen LogP contribution is 2.24. The predicted molar refractivity (Wildman–Crippen MR) is 72.6 cm³/mol. The summed E-state index contributed by atoms with van der Waals surface area (Å²) in [5.74, 6) is 0.937. The third-order valence-corrected chi connectivity index (χ3v) is 3.89. The Morgan fingerprint density at radius 3 is 2.50 bits per heavy atom. The number of aryl methyl sites for hydroxylation is 3. The fourth-order valence-corrected chi connectivity index (χ4v) is 3.07. The van der Waals surface area contributed by atoms with Crippen LogP contribution >= 0.6 is 11.3 Å². The van der Waals surface area contributed by atoms with Crippen LogP contribution in [0.3, 0.4) is 0 Å². The second kappa shape index (κ2) is 5.16. The topological polar surface area (TPSA) is 55.6 Å². The van der Waals surface area contributed by atoms with Crippen LogP contribution in [0.4, 0.5) is 0 Å². The molecule has 0 saturated carbocycles. The number of hydrogen-bond donors (Lipinski definition) is 1. The molecule has 98 valence electrons. The van der Waals surface area contributed by atoms with Crippen LogP contribution in [-0.2, 0) is 7.05 Å². The number of nitrogens with zero attached hydrogens (tertiary/aromatic N) is 4. The molecule has 18 heavy (non-hydrogen) atoms. The molecule has 6 heteroatoms. The van der Waals surface area contributed by atoms with Crippen molar-refractivity contribution in [3.63, 3.8) is 0 Å². The van der Waals surface area contributed by atoms with Crippen molar-refractivity contribution in [2.45, 2.75) is 39.8 Å². The molecule has 0 saturated heterocycles. The number of thiazole rings is 1. The third kappa shape index (κ3) is 2.59. The van der Waals surface area contributed by atoms with Gasteiger partial charge in [0.1, 0.15) is 12.2 Å². The number of nitrogens with one attached hydrogen (secondary N) is 1. The highest BCUT2D eigenvalue weighted by Gasteiger charge is 2.18. The molecule has 0 radical (unpaired) electrons. The first-order valence-electron chi connectivity index (χ1n) is 6.03. The maximum Gasteiger partial charge on any atom is 0.149 e. The Labute approximate surface area is 111 Å². The fraction of sp³-hybridized carbons (Fsp3) is 0.583. The molecule has 2 atom stereocenters. The van der Waals surface area contributed by atoms with Crippen LogP contribution < -0.4 is 5.32 Å². The van der Waals surface area contributed by atoms with Crippen molar-refractivity contribution in [2.75, 3.05) is 0 Å². The molecular weight excluding hydrogens is 246 g/mol. The van der Waals surface area contributed by atoms with E-state index < -0.39 is 0 Å². The van der Waals surface area contributed by atoms with Crippen molar-refractivity contribution in [2.24, 2.45) is 7.05 Å². The number of aromatic nitrogens is 4. The summed E-state index contributed by atoms with van der Waals surface area (Å²) in [5, 5.41) is 12.7. The number of rotatable bonds is 4. The molecule has 0 aliphatic rings. The predicted octanol–water partition coefficient (Wildman–Crippen LogP) is 2.30. The summed E-state index contributed by atoms with van der Waals surface area (Å²) in [4.78, 5) is 5.86. The van der Waals surface area contributed by atoms with Gasteiger partial charge in [0, 0.05) is 18.0 Å². The first-order chi connectivity index (χ1) is 8.49. The minimum atomic E-state index is 0.147. The normalized spacial score (nSPS) is 14.7. The van der Waals surface area contributed by atoms with Gasteiger partial charge in [-0.2, -0.15) is 0 Å². The zero-order chi connectivity index (χ0) is 13.3. The van der Waals surface area contributed by atoms with Crippen molar-refractivity contribution in [1.82, 2.24) is 25.1 Å². The largest absolute Gasteiger partial charge is 0.319 e. The lowest BCUT2D eigenvalue weighted by atomic mass is 10.2. The van der Waals surface area contributed by atoms with Gasteiger partial charge in [-0.05, 0) is 27.7 Å². The van der Waals surface area contributed by atoms with Crippen LogP contribution in [0, 0.1) is 13.8 Å². The van der Waals surface area contributed by atoms with Crippen molar-refractivity contribution < 1.29 is 0 Å². The molecule has 2 unspecified atom stereocenters. The van der Waals surface area contributed by atoms with Gasteiger partial charge in [-0.1, -0.05) is 0 Å². The molecule has 1 N–H and O–H groups in total. The number of hydrogen-bond acceptors (Lipinski definition) is 5. The first kappa shape index (κ1) is 13.2. The maximum atomic E-state index is 4.58. The molecule has 0 aliphatic heterocycles. The summed E-state index contributed by atoms with van der Waals surface area (Å²) in [6, 6.07) is 0.357. The molecule has 2 aromatic heterocycles. The van der Waals surface area contributed by atoms with Crippen molar-refractivity contribution in [3.05, 3.63) is 27.7 Å². The molecule has 2 rings (SSSR count). The summed E-state index contributed by atoms with van der Waals surface area (Å²) >= 11 is 1.74. The fourth-order valence-electron chi connectivity index (χ4n) is 2.16. The van der Waals surface area contributed by atoms with Crippen molar-refractivity contribution in [3.8, 4) is 0 Å². The van der Waals surface area contributed by atoms with Gasteiger partial charge >= 0.3 is 0 Å². The Hall–Kier alpha value is -1.27. The van der Waals surface area contributed by atoms with Crippen LogP contribution in [0.2, 0.25) is 0 Å². The molecule has 5 nitrogen and oxygen atoms in total. The zero-order valence-corrected chi connectivity index (χ0v) is 12.2. The Bertz CT molecular complexity index is 530. The maximum absolute atomic E-state index is 4.58. The zero-order valence-electron chi connectivity index (χ0n) is 11.4. The lowest BCUT2D eigenvalue weighted by molar-refractivity contribution is 0.459. The van der Waals surface area contributed by atoms with Gasteiger partial charge in [0.15, 0.2) is 0 Å². The average molecular weight is 265 g/mol. The molecule has 0 aromatic carbocycles. The van der Waals surface area contributed by atoms with Gasteiger partial charge in [-0.15, -0.1) is 21.5 Å².